The molecule has 6 nitrogen and oxygen atoms in total. The van der Waals surface area contributed by atoms with Gasteiger partial charge in [-0.05, 0) is 41.2 Å². The van der Waals surface area contributed by atoms with Gasteiger partial charge in [-0.15, -0.1) is 0 Å². The molecule has 4 rings (SSSR count). The Morgan fingerprint density at radius 2 is 1.41 bits per heavy atom. The lowest BCUT2D eigenvalue weighted by atomic mass is 9.87. The third-order valence-electron chi connectivity index (χ3n) is 6.69. The maximum absolute atomic E-state index is 13.1. The number of fused-ring (bicyclic) bond motifs is 1. The van der Waals surface area contributed by atoms with Crippen LogP contribution in [0.5, 0.6) is 0 Å². The van der Waals surface area contributed by atoms with Crippen molar-refractivity contribution in [1.82, 2.24) is 14.1 Å². The Morgan fingerprint density at radius 3 is 1.91 bits per heavy atom. The first-order valence-corrected chi connectivity index (χ1v) is 12.7. The van der Waals surface area contributed by atoms with Gasteiger partial charge in [0.2, 0.25) is 15.9 Å². The molecular formula is C25H33N3O3S. The van der Waals surface area contributed by atoms with E-state index in [1.807, 2.05) is 36.1 Å². The lowest BCUT2D eigenvalue weighted by Crippen LogP contribution is -2.54. The molecule has 2 aromatic carbocycles. The summed E-state index contributed by atoms with van der Waals surface area (Å²) in [6.45, 7) is 11.4. The highest BCUT2D eigenvalue weighted by atomic mass is 32.2. The molecule has 0 bridgehead atoms. The zero-order chi connectivity index (χ0) is 23.1. The number of piperazine rings is 1. The molecule has 2 aliphatic rings. The molecular weight excluding hydrogens is 422 g/mol. The number of amides is 1. The first-order valence-electron chi connectivity index (χ1n) is 11.3. The highest BCUT2D eigenvalue weighted by Crippen LogP contribution is 2.26. The molecule has 1 atom stereocenters. The number of sulfonamides is 1. The monoisotopic (exact) mass is 455 g/mol. The largest absolute Gasteiger partial charge is 0.333 e. The van der Waals surface area contributed by atoms with Crippen LogP contribution in [0.1, 0.15) is 44.4 Å². The molecule has 0 saturated carbocycles. The topological polar surface area (TPSA) is 60.9 Å². The highest BCUT2D eigenvalue weighted by molar-refractivity contribution is 7.89. The number of nitrogens with zero attached hydrogens (tertiary/aromatic N) is 3. The van der Waals surface area contributed by atoms with Crippen molar-refractivity contribution in [3.63, 3.8) is 0 Å². The van der Waals surface area contributed by atoms with Crippen LogP contribution in [-0.2, 0) is 33.3 Å². The molecule has 1 amide bonds. The Hall–Kier alpha value is -2.22. The smallest absolute Gasteiger partial charge is 0.243 e. The minimum atomic E-state index is -3.53. The Bertz CT molecular complexity index is 1060. The molecule has 2 aromatic rings. The second-order valence-electron chi connectivity index (χ2n) is 9.85. The summed E-state index contributed by atoms with van der Waals surface area (Å²) in [5, 5.41) is 0. The summed E-state index contributed by atoms with van der Waals surface area (Å²) in [5.41, 5.74) is 3.51. The van der Waals surface area contributed by atoms with Crippen LogP contribution in [0.4, 0.5) is 0 Å². The second kappa shape index (κ2) is 8.61. The number of hydrogen-bond acceptors (Lipinski definition) is 4. The summed E-state index contributed by atoms with van der Waals surface area (Å²) in [6.07, 6.45) is 0. The Kier molecular flexibility index (Phi) is 6.18. The van der Waals surface area contributed by atoms with Gasteiger partial charge in [0, 0.05) is 39.3 Å². The number of carbonyl (C=O) groups is 1. The van der Waals surface area contributed by atoms with Crippen LogP contribution in [0.25, 0.3) is 0 Å². The molecule has 0 aliphatic carbocycles. The van der Waals surface area contributed by atoms with E-state index < -0.39 is 10.0 Å². The van der Waals surface area contributed by atoms with Crippen molar-refractivity contribution in [3.8, 4) is 0 Å². The second-order valence-corrected chi connectivity index (χ2v) is 11.8. The molecule has 2 heterocycles. The predicted molar refractivity (Wildman–Crippen MR) is 126 cm³/mol. The van der Waals surface area contributed by atoms with Gasteiger partial charge in [-0.1, -0.05) is 57.2 Å². The molecule has 1 fully saturated rings. The molecule has 2 aliphatic heterocycles. The molecule has 7 heteroatoms. The van der Waals surface area contributed by atoms with Crippen LogP contribution < -0.4 is 0 Å². The number of carbonyl (C=O) groups excluding carboxylic acids is 1. The molecule has 0 aromatic heterocycles. The first-order chi connectivity index (χ1) is 15.1. The van der Waals surface area contributed by atoms with Gasteiger partial charge in [0.15, 0.2) is 0 Å². The fourth-order valence-electron chi connectivity index (χ4n) is 4.52. The quantitative estimate of drug-likeness (QED) is 0.710. The predicted octanol–water partition coefficient (Wildman–Crippen LogP) is 3.22. The Balaban J connectivity index is 1.37. The molecule has 0 spiro atoms. The van der Waals surface area contributed by atoms with Crippen LogP contribution in [0.2, 0.25) is 0 Å². The average molecular weight is 456 g/mol. The lowest BCUT2D eigenvalue weighted by molar-refractivity contribution is -0.137. The molecule has 1 saturated heterocycles. The fraction of sp³-hybridized carbons (Fsp3) is 0.480. The number of hydrogen-bond donors (Lipinski definition) is 0. The van der Waals surface area contributed by atoms with Gasteiger partial charge in [-0.3, -0.25) is 9.69 Å². The summed E-state index contributed by atoms with van der Waals surface area (Å²) in [5.74, 6) is 0.107. The first kappa shape index (κ1) is 23.0. The summed E-state index contributed by atoms with van der Waals surface area (Å²) in [7, 11) is -3.53. The van der Waals surface area contributed by atoms with Crippen molar-refractivity contribution in [2.45, 2.75) is 57.1 Å². The summed E-state index contributed by atoms with van der Waals surface area (Å²) < 4.78 is 27.8. The van der Waals surface area contributed by atoms with Crippen molar-refractivity contribution >= 4 is 15.9 Å². The van der Waals surface area contributed by atoms with E-state index >= 15 is 0 Å². The van der Waals surface area contributed by atoms with Gasteiger partial charge < -0.3 is 4.90 Å². The van der Waals surface area contributed by atoms with E-state index in [0.29, 0.717) is 44.2 Å². The minimum Gasteiger partial charge on any atom is -0.333 e. The SMILES string of the molecule is CC(C(=O)N1Cc2ccccc2C1)N1CCN(S(=O)(=O)c2ccc(C(C)(C)C)cc2)CC1. The molecule has 0 radical (unpaired) electrons. The normalized spacial score (nSPS) is 19.1. The van der Waals surface area contributed by atoms with Crippen molar-refractivity contribution in [2.75, 3.05) is 26.2 Å². The van der Waals surface area contributed by atoms with E-state index in [1.54, 1.807) is 16.4 Å². The van der Waals surface area contributed by atoms with Crippen molar-refractivity contribution in [1.29, 1.82) is 0 Å². The van der Waals surface area contributed by atoms with Crippen LogP contribution in [0.3, 0.4) is 0 Å². The Morgan fingerprint density at radius 1 is 0.875 bits per heavy atom. The van der Waals surface area contributed by atoms with Crippen LogP contribution in [-0.4, -0.2) is 60.7 Å². The van der Waals surface area contributed by atoms with Crippen molar-refractivity contribution < 1.29 is 13.2 Å². The minimum absolute atomic E-state index is 0.0205. The van der Waals surface area contributed by atoms with Gasteiger partial charge >= 0.3 is 0 Å². The van der Waals surface area contributed by atoms with Gasteiger partial charge in [0.05, 0.1) is 10.9 Å². The third-order valence-corrected chi connectivity index (χ3v) is 8.60. The Labute approximate surface area is 191 Å². The maximum Gasteiger partial charge on any atom is 0.243 e. The standard InChI is InChI=1S/C25H33N3O3S/c1-19(24(29)27-17-20-7-5-6-8-21(20)18-27)26-13-15-28(16-14-26)32(30,31)23-11-9-22(10-12-23)25(2,3)4/h5-12,19H,13-18H2,1-4H3. The zero-order valence-corrected chi connectivity index (χ0v) is 20.2. The highest BCUT2D eigenvalue weighted by Gasteiger charge is 2.34. The van der Waals surface area contributed by atoms with E-state index in [9.17, 15) is 13.2 Å². The molecule has 0 N–H and O–H groups in total. The zero-order valence-electron chi connectivity index (χ0n) is 19.4. The number of rotatable bonds is 4. The van der Waals surface area contributed by atoms with E-state index in [2.05, 4.69) is 37.8 Å². The van der Waals surface area contributed by atoms with E-state index in [-0.39, 0.29) is 17.4 Å². The molecule has 1 unspecified atom stereocenters. The van der Waals surface area contributed by atoms with E-state index in [1.165, 1.54) is 11.1 Å². The molecule has 172 valence electrons. The van der Waals surface area contributed by atoms with Crippen LogP contribution in [0, 0.1) is 0 Å². The van der Waals surface area contributed by atoms with Gasteiger partial charge in [0.25, 0.3) is 0 Å². The van der Waals surface area contributed by atoms with Gasteiger partial charge in [-0.25, -0.2) is 8.42 Å². The summed E-state index contributed by atoms with van der Waals surface area (Å²) >= 11 is 0. The van der Waals surface area contributed by atoms with Gasteiger partial charge in [0.1, 0.15) is 0 Å². The van der Waals surface area contributed by atoms with Gasteiger partial charge in [-0.2, -0.15) is 4.31 Å². The maximum atomic E-state index is 13.1. The summed E-state index contributed by atoms with van der Waals surface area (Å²) in [4.78, 5) is 17.4. The molecule has 32 heavy (non-hydrogen) atoms. The average Bonchev–Trinajstić information content (AvgIpc) is 3.22. The lowest BCUT2D eigenvalue weighted by Gasteiger charge is -2.37. The fourth-order valence-corrected chi connectivity index (χ4v) is 5.94. The third kappa shape index (κ3) is 4.47. The van der Waals surface area contributed by atoms with Crippen molar-refractivity contribution in [2.24, 2.45) is 0 Å². The van der Waals surface area contributed by atoms with Crippen molar-refractivity contribution in [3.05, 3.63) is 65.2 Å². The summed E-state index contributed by atoms with van der Waals surface area (Å²) in [6, 6.07) is 15.1. The van der Waals surface area contributed by atoms with Crippen LogP contribution >= 0.6 is 0 Å². The number of benzene rings is 2. The van der Waals surface area contributed by atoms with Crippen LogP contribution in [0.15, 0.2) is 53.4 Å². The van der Waals surface area contributed by atoms with E-state index in [4.69, 9.17) is 0 Å². The van der Waals surface area contributed by atoms with E-state index in [0.717, 1.165) is 5.56 Å².